The topological polar surface area (TPSA) is 113 Å². The van der Waals surface area contributed by atoms with Gasteiger partial charge in [0.25, 0.3) is 5.91 Å². The first kappa shape index (κ1) is 22.1. The number of hydrogen-bond donors (Lipinski definition) is 3. The SMILES string of the molecule is O=C(NNS(=O)(=O)Cc1ccccc1)c1ccccc1.O=C(O)C(F)(F)F. The van der Waals surface area contributed by atoms with Gasteiger partial charge in [-0.2, -0.15) is 13.2 Å². The molecular weight excluding hydrogens is 389 g/mol. The predicted octanol–water partition coefficient (Wildman–Crippen LogP) is 2.08. The maximum atomic E-state index is 11.8. The molecule has 2 aromatic carbocycles. The molecule has 0 saturated carbocycles. The Morgan fingerprint density at radius 3 is 1.81 bits per heavy atom. The second-order valence-corrected chi connectivity index (χ2v) is 6.69. The largest absolute Gasteiger partial charge is 0.490 e. The van der Waals surface area contributed by atoms with E-state index in [2.05, 4.69) is 10.3 Å². The van der Waals surface area contributed by atoms with E-state index >= 15 is 0 Å². The average Bonchev–Trinajstić information content (AvgIpc) is 2.61. The normalized spacial score (nSPS) is 11.1. The second kappa shape index (κ2) is 9.69. The van der Waals surface area contributed by atoms with E-state index in [-0.39, 0.29) is 5.75 Å². The fourth-order valence-electron chi connectivity index (χ4n) is 1.62. The number of hydrazine groups is 1. The first-order chi connectivity index (χ1) is 12.5. The molecule has 0 aromatic heterocycles. The molecule has 1 amide bonds. The molecular formula is C16H15F3N2O5S. The summed E-state index contributed by atoms with van der Waals surface area (Å²) in [7, 11) is -3.62. The molecule has 0 saturated heterocycles. The van der Waals surface area contributed by atoms with Crippen LogP contribution in [0.4, 0.5) is 13.2 Å². The van der Waals surface area contributed by atoms with Gasteiger partial charge < -0.3 is 5.11 Å². The highest BCUT2D eigenvalue weighted by Crippen LogP contribution is 2.13. The maximum Gasteiger partial charge on any atom is 0.490 e. The number of rotatable bonds is 5. The molecule has 0 fully saturated rings. The van der Waals surface area contributed by atoms with Crippen LogP contribution in [0.15, 0.2) is 60.7 Å². The van der Waals surface area contributed by atoms with E-state index in [1.54, 1.807) is 60.7 Å². The number of aliphatic carboxylic acids is 1. The van der Waals surface area contributed by atoms with Crippen molar-refractivity contribution >= 4 is 21.9 Å². The molecule has 0 atom stereocenters. The molecule has 3 N–H and O–H groups in total. The number of carbonyl (C=O) groups is 2. The van der Waals surface area contributed by atoms with Gasteiger partial charge in [0.15, 0.2) is 0 Å². The van der Waals surface area contributed by atoms with Crippen molar-refractivity contribution in [1.82, 2.24) is 10.3 Å². The Balaban J connectivity index is 0.000000445. The zero-order chi connectivity index (χ0) is 20.5. The summed E-state index contributed by atoms with van der Waals surface area (Å²) in [5, 5.41) is 7.12. The third kappa shape index (κ3) is 8.83. The predicted molar refractivity (Wildman–Crippen MR) is 89.8 cm³/mol. The number of carboxylic acids is 1. The van der Waals surface area contributed by atoms with Crippen molar-refractivity contribution in [3.05, 3.63) is 71.8 Å². The van der Waals surface area contributed by atoms with Crippen LogP contribution in [0.1, 0.15) is 15.9 Å². The van der Waals surface area contributed by atoms with Crippen LogP contribution >= 0.6 is 0 Å². The number of carbonyl (C=O) groups excluding carboxylic acids is 1. The quantitative estimate of drug-likeness (QED) is 0.661. The molecule has 0 spiro atoms. The van der Waals surface area contributed by atoms with Gasteiger partial charge >= 0.3 is 12.1 Å². The highest BCUT2D eigenvalue weighted by atomic mass is 32.2. The summed E-state index contributed by atoms with van der Waals surface area (Å²) < 4.78 is 55.4. The smallest absolute Gasteiger partial charge is 0.475 e. The van der Waals surface area contributed by atoms with Crippen molar-refractivity contribution in [3.8, 4) is 0 Å². The highest BCUT2D eigenvalue weighted by molar-refractivity contribution is 7.88. The lowest BCUT2D eigenvalue weighted by atomic mass is 10.2. The van der Waals surface area contributed by atoms with Crippen LogP contribution in [0.2, 0.25) is 0 Å². The van der Waals surface area contributed by atoms with Crippen LogP contribution in [0.25, 0.3) is 0 Å². The number of amides is 1. The van der Waals surface area contributed by atoms with E-state index < -0.39 is 28.1 Å². The molecule has 0 aliphatic rings. The van der Waals surface area contributed by atoms with Gasteiger partial charge in [-0.25, -0.2) is 13.2 Å². The first-order valence-electron chi connectivity index (χ1n) is 7.20. The Morgan fingerprint density at radius 1 is 0.926 bits per heavy atom. The lowest BCUT2D eigenvalue weighted by molar-refractivity contribution is -0.192. The van der Waals surface area contributed by atoms with Crippen LogP contribution in [0.3, 0.4) is 0 Å². The number of benzene rings is 2. The van der Waals surface area contributed by atoms with Crippen molar-refractivity contribution in [2.45, 2.75) is 11.9 Å². The molecule has 0 bridgehead atoms. The first-order valence-corrected chi connectivity index (χ1v) is 8.85. The molecule has 0 aliphatic carbocycles. The van der Waals surface area contributed by atoms with Crippen LogP contribution < -0.4 is 10.3 Å². The minimum atomic E-state index is -5.08. The number of hydrogen-bond acceptors (Lipinski definition) is 4. The van der Waals surface area contributed by atoms with E-state index in [0.717, 1.165) is 0 Å². The molecule has 146 valence electrons. The maximum absolute atomic E-state index is 11.8. The summed E-state index contributed by atoms with van der Waals surface area (Å²) in [5.41, 5.74) is 3.21. The van der Waals surface area contributed by atoms with Crippen LogP contribution in [-0.4, -0.2) is 31.6 Å². The van der Waals surface area contributed by atoms with E-state index in [4.69, 9.17) is 9.90 Å². The van der Waals surface area contributed by atoms with Crippen molar-refractivity contribution in [1.29, 1.82) is 0 Å². The zero-order valence-corrected chi connectivity index (χ0v) is 14.4. The monoisotopic (exact) mass is 404 g/mol. The standard InChI is InChI=1S/C14H14N2O3S.C2HF3O2/c17-14(13-9-5-2-6-10-13)15-16-20(18,19)11-12-7-3-1-4-8-12;3-2(4,5)1(6)7/h1-10,16H,11H2,(H,15,17);(H,6,7). The Labute approximate surface area is 152 Å². The summed E-state index contributed by atoms with van der Waals surface area (Å²) in [6, 6.07) is 17.1. The van der Waals surface area contributed by atoms with Crippen LogP contribution in [0.5, 0.6) is 0 Å². The molecule has 0 unspecified atom stereocenters. The Kier molecular flexibility index (Phi) is 7.94. The Bertz CT molecular complexity index is 857. The zero-order valence-electron chi connectivity index (χ0n) is 13.6. The van der Waals surface area contributed by atoms with E-state index in [9.17, 15) is 26.4 Å². The summed E-state index contributed by atoms with van der Waals surface area (Å²) in [6.45, 7) is 0. The number of alkyl halides is 3. The van der Waals surface area contributed by atoms with Crippen molar-refractivity contribution in [3.63, 3.8) is 0 Å². The van der Waals surface area contributed by atoms with Gasteiger partial charge in [-0.1, -0.05) is 48.5 Å². The highest BCUT2D eigenvalue weighted by Gasteiger charge is 2.38. The summed E-state index contributed by atoms with van der Waals surface area (Å²) in [4.78, 5) is 22.7. The van der Waals surface area contributed by atoms with Crippen molar-refractivity contribution < 1.29 is 36.3 Å². The van der Waals surface area contributed by atoms with Gasteiger partial charge in [-0.3, -0.25) is 10.2 Å². The minimum Gasteiger partial charge on any atom is -0.475 e. The Hall–Kier alpha value is -2.92. The van der Waals surface area contributed by atoms with Crippen LogP contribution in [-0.2, 0) is 20.6 Å². The Morgan fingerprint density at radius 2 is 1.37 bits per heavy atom. The number of halogens is 3. The van der Waals surface area contributed by atoms with Gasteiger partial charge in [-0.05, 0) is 17.7 Å². The average molecular weight is 404 g/mol. The third-order valence-electron chi connectivity index (χ3n) is 2.80. The molecule has 0 aliphatic heterocycles. The lowest BCUT2D eigenvalue weighted by Crippen LogP contribution is -2.42. The van der Waals surface area contributed by atoms with Crippen molar-refractivity contribution in [2.75, 3.05) is 0 Å². The summed E-state index contributed by atoms with van der Waals surface area (Å²) >= 11 is 0. The van der Waals surface area contributed by atoms with Gasteiger partial charge in [0.1, 0.15) is 0 Å². The van der Waals surface area contributed by atoms with Gasteiger partial charge in [0, 0.05) is 5.56 Å². The molecule has 11 heteroatoms. The summed E-state index contributed by atoms with van der Waals surface area (Å²) in [6.07, 6.45) is -5.08. The molecule has 2 rings (SSSR count). The number of sulfonamides is 1. The lowest BCUT2D eigenvalue weighted by Gasteiger charge is -2.08. The van der Waals surface area contributed by atoms with E-state index in [1.807, 2.05) is 0 Å². The fraction of sp³-hybridized carbons (Fsp3) is 0.125. The molecule has 2 aromatic rings. The molecule has 0 heterocycles. The van der Waals surface area contributed by atoms with Gasteiger partial charge in [-0.15, -0.1) is 4.83 Å². The van der Waals surface area contributed by atoms with E-state index in [0.29, 0.717) is 11.1 Å². The third-order valence-corrected chi connectivity index (χ3v) is 3.92. The number of carboxylic acid groups (broad SMARTS) is 1. The molecule has 27 heavy (non-hydrogen) atoms. The molecule has 7 nitrogen and oxygen atoms in total. The van der Waals surface area contributed by atoms with Crippen LogP contribution in [0, 0.1) is 0 Å². The minimum absolute atomic E-state index is 0.192. The van der Waals surface area contributed by atoms with Gasteiger partial charge in [0.05, 0.1) is 5.75 Å². The second-order valence-electron chi connectivity index (χ2n) is 4.97. The van der Waals surface area contributed by atoms with Crippen molar-refractivity contribution in [2.24, 2.45) is 0 Å². The van der Waals surface area contributed by atoms with E-state index in [1.165, 1.54) is 0 Å². The number of nitrogens with one attached hydrogen (secondary N) is 2. The fourth-order valence-corrected chi connectivity index (χ4v) is 2.57. The summed E-state index contributed by atoms with van der Waals surface area (Å²) in [5.74, 6) is -3.45. The molecule has 0 radical (unpaired) electrons. The van der Waals surface area contributed by atoms with Gasteiger partial charge in [0.2, 0.25) is 10.0 Å².